The van der Waals surface area contributed by atoms with Crippen LogP contribution in [-0.2, 0) is 0 Å². The summed E-state index contributed by atoms with van der Waals surface area (Å²) in [4.78, 5) is 2.33. The number of para-hydroxylation sites is 2. The van der Waals surface area contributed by atoms with Crippen molar-refractivity contribution in [2.75, 3.05) is 4.90 Å². The highest BCUT2D eigenvalue weighted by Crippen LogP contribution is 2.40. The molecule has 0 amide bonds. The zero-order valence-corrected chi connectivity index (χ0v) is 31.8. The topological polar surface area (TPSA) is 8.17 Å². The van der Waals surface area contributed by atoms with Gasteiger partial charge in [0.05, 0.1) is 11.0 Å². The molecule has 0 atom stereocenters. The van der Waals surface area contributed by atoms with Crippen LogP contribution >= 0.6 is 0 Å². The highest BCUT2D eigenvalue weighted by atomic mass is 15.1. The van der Waals surface area contributed by atoms with Crippen molar-refractivity contribution < 1.29 is 0 Å². The first kappa shape index (κ1) is 33.6. The third-order valence-corrected chi connectivity index (χ3v) is 11.6. The van der Waals surface area contributed by atoms with Crippen molar-refractivity contribution in [2.45, 2.75) is 0 Å². The quantitative estimate of drug-likeness (QED) is 0.158. The molecule has 1 aromatic heterocycles. The summed E-state index contributed by atoms with van der Waals surface area (Å²) >= 11 is 0. The molecule has 58 heavy (non-hydrogen) atoms. The number of fused-ring (bicyclic) bond motifs is 5. The predicted octanol–water partition coefficient (Wildman–Crippen LogP) is 15.6. The van der Waals surface area contributed by atoms with Gasteiger partial charge in [0.1, 0.15) is 0 Å². The van der Waals surface area contributed by atoms with Crippen LogP contribution in [0.1, 0.15) is 0 Å². The Morgan fingerprint density at radius 2 is 0.724 bits per heavy atom. The van der Waals surface area contributed by atoms with Gasteiger partial charge in [-0.05, 0) is 122 Å². The van der Waals surface area contributed by atoms with Gasteiger partial charge in [-0.25, -0.2) is 0 Å². The van der Waals surface area contributed by atoms with Gasteiger partial charge in [0.25, 0.3) is 0 Å². The molecule has 11 aromatic rings. The molecular formula is C56H38N2. The number of hydrogen-bond donors (Lipinski definition) is 0. The normalized spacial score (nSPS) is 11.4. The van der Waals surface area contributed by atoms with Crippen LogP contribution < -0.4 is 4.90 Å². The zero-order chi connectivity index (χ0) is 38.4. The fourth-order valence-electron chi connectivity index (χ4n) is 8.79. The highest BCUT2D eigenvalue weighted by Gasteiger charge is 2.16. The first-order chi connectivity index (χ1) is 28.8. The van der Waals surface area contributed by atoms with E-state index in [-0.39, 0.29) is 0 Å². The van der Waals surface area contributed by atoms with E-state index >= 15 is 0 Å². The molecule has 1 heterocycles. The van der Waals surface area contributed by atoms with Gasteiger partial charge in [0.2, 0.25) is 0 Å². The monoisotopic (exact) mass is 738 g/mol. The summed E-state index contributed by atoms with van der Waals surface area (Å²) in [7, 11) is 0. The highest BCUT2D eigenvalue weighted by molar-refractivity contribution is 6.10. The van der Waals surface area contributed by atoms with E-state index in [1.54, 1.807) is 0 Å². The molecule has 2 nitrogen and oxygen atoms in total. The second-order valence-corrected chi connectivity index (χ2v) is 14.9. The first-order valence-electron chi connectivity index (χ1n) is 19.9. The number of anilines is 3. The summed E-state index contributed by atoms with van der Waals surface area (Å²) in [5.41, 5.74) is 14.2. The number of benzene rings is 10. The van der Waals surface area contributed by atoms with Gasteiger partial charge in [0.15, 0.2) is 0 Å². The molecule has 0 unspecified atom stereocenters. The predicted molar refractivity (Wildman–Crippen MR) is 247 cm³/mol. The van der Waals surface area contributed by atoms with Gasteiger partial charge >= 0.3 is 0 Å². The Morgan fingerprint density at radius 1 is 0.276 bits per heavy atom. The maximum Gasteiger partial charge on any atom is 0.0541 e. The number of nitrogens with zero attached hydrogens (tertiary/aromatic N) is 2. The Bertz CT molecular complexity index is 3240. The molecule has 272 valence electrons. The summed E-state index contributed by atoms with van der Waals surface area (Å²) in [6.07, 6.45) is 0. The smallest absolute Gasteiger partial charge is 0.0541 e. The fourth-order valence-corrected chi connectivity index (χ4v) is 8.79. The van der Waals surface area contributed by atoms with Gasteiger partial charge in [-0.15, -0.1) is 0 Å². The summed E-state index contributed by atoms with van der Waals surface area (Å²) in [5.74, 6) is 0. The average Bonchev–Trinajstić information content (AvgIpc) is 3.63. The Morgan fingerprint density at radius 3 is 1.34 bits per heavy atom. The van der Waals surface area contributed by atoms with Gasteiger partial charge < -0.3 is 9.47 Å². The lowest BCUT2D eigenvalue weighted by Crippen LogP contribution is -2.09. The van der Waals surface area contributed by atoms with Crippen molar-refractivity contribution >= 4 is 60.4 Å². The van der Waals surface area contributed by atoms with Crippen LogP contribution in [0, 0.1) is 0 Å². The second-order valence-electron chi connectivity index (χ2n) is 14.9. The molecule has 0 bridgehead atoms. The molecule has 2 heteroatoms. The minimum Gasteiger partial charge on any atom is -0.311 e. The summed E-state index contributed by atoms with van der Waals surface area (Å²) in [6.45, 7) is 0. The minimum atomic E-state index is 1.11. The maximum absolute atomic E-state index is 2.40. The van der Waals surface area contributed by atoms with Crippen LogP contribution in [0.4, 0.5) is 17.1 Å². The van der Waals surface area contributed by atoms with Crippen molar-refractivity contribution in [3.8, 4) is 39.1 Å². The van der Waals surface area contributed by atoms with Crippen LogP contribution in [0.5, 0.6) is 0 Å². The number of aromatic nitrogens is 1. The molecule has 0 spiro atoms. The molecule has 0 saturated heterocycles. The van der Waals surface area contributed by atoms with Crippen LogP contribution in [0.15, 0.2) is 231 Å². The lowest BCUT2D eigenvalue weighted by molar-refractivity contribution is 1.18. The average molecular weight is 739 g/mol. The van der Waals surface area contributed by atoms with Crippen LogP contribution in [0.25, 0.3) is 82.4 Å². The molecule has 11 rings (SSSR count). The SMILES string of the molecule is c1ccc(N(c2ccc(-c3ccc4c(c3)c3ccccc3n4-c3ccc(-c4cccc5ccccc45)cc3)cc2)c2ccc(-c3cccc4ccccc34)cc2)cc1. The molecule has 0 fully saturated rings. The second kappa shape index (κ2) is 14.1. The van der Waals surface area contributed by atoms with E-state index in [1.165, 1.54) is 76.7 Å². The number of rotatable bonds is 7. The third kappa shape index (κ3) is 5.82. The Labute approximate surface area is 338 Å². The molecular weight excluding hydrogens is 701 g/mol. The zero-order valence-electron chi connectivity index (χ0n) is 31.8. The van der Waals surface area contributed by atoms with Crippen molar-refractivity contribution in [1.29, 1.82) is 0 Å². The van der Waals surface area contributed by atoms with Gasteiger partial charge in [-0.1, -0.05) is 164 Å². The first-order valence-corrected chi connectivity index (χ1v) is 19.9. The molecule has 10 aromatic carbocycles. The maximum atomic E-state index is 2.40. The van der Waals surface area contributed by atoms with Crippen LogP contribution in [0.2, 0.25) is 0 Å². The van der Waals surface area contributed by atoms with Gasteiger partial charge in [-0.3, -0.25) is 0 Å². The summed E-state index contributed by atoms with van der Waals surface area (Å²) in [6, 6.07) is 83.5. The van der Waals surface area contributed by atoms with E-state index in [0.717, 1.165) is 22.7 Å². The molecule has 0 aliphatic rings. The van der Waals surface area contributed by atoms with E-state index in [9.17, 15) is 0 Å². The van der Waals surface area contributed by atoms with E-state index in [1.807, 2.05) is 0 Å². The van der Waals surface area contributed by atoms with E-state index in [0.29, 0.717) is 0 Å². The largest absolute Gasteiger partial charge is 0.311 e. The van der Waals surface area contributed by atoms with Crippen LogP contribution in [0.3, 0.4) is 0 Å². The van der Waals surface area contributed by atoms with Crippen molar-refractivity contribution in [3.05, 3.63) is 231 Å². The van der Waals surface area contributed by atoms with Gasteiger partial charge in [-0.2, -0.15) is 0 Å². The standard InChI is InChI=1S/C56H38N2/c1-2-16-45(17-3-1)57(47-33-26-42(27-34-47)51-21-10-14-40-12-4-6-18-49(40)51)46-31-24-39(25-32-46)44-30-37-56-54(38-44)53-20-8-9-23-55(53)58(56)48-35-28-43(29-36-48)52-22-11-15-41-13-5-7-19-50(41)52/h1-38H. The Balaban J connectivity index is 0.936. The minimum absolute atomic E-state index is 1.11. The van der Waals surface area contributed by atoms with E-state index in [2.05, 4.69) is 240 Å². The lowest BCUT2D eigenvalue weighted by Gasteiger charge is -2.26. The molecule has 0 saturated carbocycles. The Hall–Kier alpha value is -7.68. The number of hydrogen-bond acceptors (Lipinski definition) is 1. The molecule has 0 aliphatic heterocycles. The van der Waals surface area contributed by atoms with E-state index < -0.39 is 0 Å². The Kier molecular flexibility index (Phi) is 8.19. The molecule has 0 aliphatic carbocycles. The van der Waals surface area contributed by atoms with Gasteiger partial charge in [0, 0.05) is 33.5 Å². The van der Waals surface area contributed by atoms with Crippen molar-refractivity contribution in [3.63, 3.8) is 0 Å². The van der Waals surface area contributed by atoms with E-state index in [4.69, 9.17) is 0 Å². The third-order valence-electron chi connectivity index (χ3n) is 11.6. The van der Waals surface area contributed by atoms with Crippen molar-refractivity contribution in [2.24, 2.45) is 0 Å². The summed E-state index contributed by atoms with van der Waals surface area (Å²) in [5, 5.41) is 7.54. The fraction of sp³-hybridized carbons (Fsp3) is 0. The summed E-state index contributed by atoms with van der Waals surface area (Å²) < 4.78 is 2.40. The van der Waals surface area contributed by atoms with Crippen LogP contribution in [-0.4, -0.2) is 4.57 Å². The molecule has 0 radical (unpaired) electrons. The lowest BCUT2D eigenvalue weighted by atomic mass is 9.98. The molecule has 0 N–H and O–H groups in total. The van der Waals surface area contributed by atoms with Crippen molar-refractivity contribution in [1.82, 2.24) is 4.57 Å².